The van der Waals surface area contributed by atoms with E-state index in [1.807, 2.05) is 31.2 Å². The lowest BCUT2D eigenvalue weighted by molar-refractivity contribution is 0.0921. The van der Waals surface area contributed by atoms with Gasteiger partial charge in [0.15, 0.2) is 12.4 Å². The van der Waals surface area contributed by atoms with Crippen LogP contribution in [0, 0.1) is 6.92 Å². The second-order valence-electron chi connectivity index (χ2n) is 4.15. The number of ether oxygens (including phenoxy) is 1. The molecule has 0 saturated heterocycles. The van der Waals surface area contributed by atoms with E-state index in [2.05, 4.69) is 0 Å². The van der Waals surface area contributed by atoms with Gasteiger partial charge in [-0.15, -0.1) is 0 Å². The molecule has 19 heavy (non-hydrogen) atoms. The largest absolute Gasteiger partial charge is 0.485 e. The monoisotopic (exact) mass is 294 g/mol. The molecule has 0 heterocycles. The van der Waals surface area contributed by atoms with Crippen LogP contribution in [0.4, 0.5) is 0 Å². The second-order valence-corrected chi connectivity index (χ2v) is 4.97. The van der Waals surface area contributed by atoms with E-state index in [4.69, 9.17) is 27.9 Å². The van der Waals surface area contributed by atoms with Crippen LogP contribution in [0.1, 0.15) is 15.9 Å². The molecular weight excluding hydrogens is 283 g/mol. The van der Waals surface area contributed by atoms with Gasteiger partial charge in [-0.3, -0.25) is 4.79 Å². The Morgan fingerprint density at radius 2 is 1.74 bits per heavy atom. The molecule has 2 aromatic carbocycles. The Balaban J connectivity index is 2.01. The number of aryl methyl sites for hydroxylation is 1. The van der Waals surface area contributed by atoms with E-state index >= 15 is 0 Å². The van der Waals surface area contributed by atoms with Gasteiger partial charge in [-0.2, -0.15) is 0 Å². The molecule has 98 valence electrons. The summed E-state index contributed by atoms with van der Waals surface area (Å²) in [5, 5.41) is 0.792. The van der Waals surface area contributed by atoms with Gasteiger partial charge >= 0.3 is 0 Å². The summed E-state index contributed by atoms with van der Waals surface area (Å²) in [6.07, 6.45) is 0. The molecule has 0 aliphatic rings. The molecule has 0 unspecified atom stereocenters. The third-order valence-electron chi connectivity index (χ3n) is 2.63. The van der Waals surface area contributed by atoms with Crippen molar-refractivity contribution in [3.05, 3.63) is 63.6 Å². The molecule has 0 aliphatic heterocycles. The first-order valence-electron chi connectivity index (χ1n) is 5.74. The van der Waals surface area contributed by atoms with Crippen molar-refractivity contribution in [3.63, 3.8) is 0 Å². The van der Waals surface area contributed by atoms with Crippen LogP contribution in [-0.2, 0) is 0 Å². The van der Waals surface area contributed by atoms with Crippen molar-refractivity contribution in [2.24, 2.45) is 0 Å². The molecule has 0 fully saturated rings. The minimum atomic E-state index is -0.140. The molecule has 0 saturated carbocycles. The van der Waals surface area contributed by atoms with Crippen molar-refractivity contribution in [2.75, 3.05) is 6.61 Å². The van der Waals surface area contributed by atoms with Gasteiger partial charge in [0.2, 0.25) is 0 Å². The normalized spacial score (nSPS) is 10.3. The Bertz CT molecular complexity index is 592. The highest BCUT2D eigenvalue weighted by atomic mass is 35.5. The molecule has 0 aromatic heterocycles. The fraction of sp³-hybridized carbons (Fsp3) is 0.133. The first-order chi connectivity index (χ1) is 9.06. The standard InChI is InChI=1S/C15H12Cl2O2/c1-10-2-5-12(6-3-10)19-9-15(18)11-4-7-13(16)14(17)8-11/h2-8H,9H2,1H3. The number of carbonyl (C=O) groups excluding carboxylic acids is 1. The van der Waals surface area contributed by atoms with E-state index in [1.54, 1.807) is 18.2 Å². The molecule has 0 bridgehead atoms. The molecule has 2 rings (SSSR count). The topological polar surface area (TPSA) is 26.3 Å². The van der Waals surface area contributed by atoms with Crippen LogP contribution in [-0.4, -0.2) is 12.4 Å². The van der Waals surface area contributed by atoms with Crippen molar-refractivity contribution in [3.8, 4) is 5.75 Å². The number of Topliss-reactive ketones (excluding diaryl/α,β-unsaturated/α-hetero) is 1. The van der Waals surface area contributed by atoms with E-state index in [1.165, 1.54) is 0 Å². The molecule has 4 heteroatoms. The third kappa shape index (κ3) is 3.72. The van der Waals surface area contributed by atoms with Gasteiger partial charge in [0.25, 0.3) is 0 Å². The molecule has 2 nitrogen and oxygen atoms in total. The second kappa shape index (κ2) is 6.09. The highest BCUT2D eigenvalue weighted by Crippen LogP contribution is 2.23. The van der Waals surface area contributed by atoms with Crippen LogP contribution in [0.3, 0.4) is 0 Å². The van der Waals surface area contributed by atoms with Crippen molar-refractivity contribution >= 4 is 29.0 Å². The maximum atomic E-state index is 11.9. The number of ketones is 1. The average molecular weight is 295 g/mol. The maximum Gasteiger partial charge on any atom is 0.200 e. The molecular formula is C15H12Cl2O2. The number of rotatable bonds is 4. The minimum Gasteiger partial charge on any atom is -0.485 e. The van der Waals surface area contributed by atoms with Gasteiger partial charge in [0, 0.05) is 5.56 Å². The van der Waals surface area contributed by atoms with E-state index in [9.17, 15) is 4.79 Å². The van der Waals surface area contributed by atoms with Crippen LogP contribution in [0.25, 0.3) is 0 Å². The van der Waals surface area contributed by atoms with E-state index in [0.29, 0.717) is 21.4 Å². The van der Waals surface area contributed by atoms with Crippen LogP contribution in [0.15, 0.2) is 42.5 Å². The zero-order valence-corrected chi connectivity index (χ0v) is 11.8. The first-order valence-corrected chi connectivity index (χ1v) is 6.49. The zero-order valence-electron chi connectivity index (χ0n) is 10.3. The number of benzene rings is 2. The lowest BCUT2D eigenvalue weighted by Gasteiger charge is -2.06. The van der Waals surface area contributed by atoms with E-state index in [-0.39, 0.29) is 12.4 Å². The van der Waals surface area contributed by atoms with E-state index in [0.717, 1.165) is 5.56 Å². The van der Waals surface area contributed by atoms with Crippen LogP contribution in [0.2, 0.25) is 10.0 Å². The summed E-state index contributed by atoms with van der Waals surface area (Å²) in [4.78, 5) is 11.9. The number of hydrogen-bond donors (Lipinski definition) is 0. The zero-order chi connectivity index (χ0) is 13.8. The summed E-state index contributed by atoms with van der Waals surface area (Å²) in [6.45, 7) is 1.96. The Hall–Kier alpha value is -1.51. The van der Waals surface area contributed by atoms with Crippen molar-refractivity contribution < 1.29 is 9.53 Å². The molecule has 2 aromatic rings. The minimum absolute atomic E-state index is 0.0268. The molecule has 0 radical (unpaired) electrons. The highest BCUT2D eigenvalue weighted by molar-refractivity contribution is 6.42. The Morgan fingerprint density at radius 1 is 1.05 bits per heavy atom. The molecule has 0 N–H and O–H groups in total. The summed E-state index contributed by atoms with van der Waals surface area (Å²) >= 11 is 11.7. The summed E-state index contributed by atoms with van der Waals surface area (Å²) in [6, 6.07) is 12.3. The third-order valence-corrected chi connectivity index (χ3v) is 3.37. The van der Waals surface area contributed by atoms with Crippen LogP contribution in [0.5, 0.6) is 5.75 Å². The predicted molar refractivity (Wildman–Crippen MR) is 77.5 cm³/mol. The first kappa shape index (κ1) is 13.9. The Morgan fingerprint density at radius 3 is 2.37 bits per heavy atom. The fourth-order valence-corrected chi connectivity index (χ4v) is 1.83. The van der Waals surface area contributed by atoms with Gasteiger partial charge < -0.3 is 4.74 Å². The molecule has 0 atom stereocenters. The number of halogens is 2. The average Bonchev–Trinajstić information content (AvgIpc) is 2.41. The summed E-state index contributed by atoms with van der Waals surface area (Å²) in [5.74, 6) is 0.526. The molecule has 0 aliphatic carbocycles. The van der Waals surface area contributed by atoms with Gasteiger partial charge in [-0.1, -0.05) is 40.9 Å². The summed E-state index contributed by atoms with van der Waals surface area (Å²) < 4.78 is 5.42. The van der Waals surface area contributed by atoms with Crippen LogP contribution >= 0.6 is 23.2 Å². The van der Waals surface area contributed by atoms with Crippen molar-refractivity contribution in [1.29, 1.82) is 0 Å². The maximum absolute atomic E-state index is 11.9. The predicted octanol–water partition coefficient (Wildman–Crippen LogP) is 4.56. The van der Waals surface area contributed by atoms with Crippen molar-refractivity contribution in [1.82, 2.24) is 0 Å². The lowest BCUT2D eigenvalue weighted by Crippen LogP contribution is -2.11. The highest BCUT2D eigenvalue weighted by Gasteiger charge is 2.09. The smallest absolute Gasteiger partial charge is 0.200 e. The number of hydrogen-bond acceptors (Lipinski definition) is 2. The fourth-order valence-electron chi connectivity index (χ4n) is 1.54. The Kier molecular flexibility index (Phi) is 4.46. The van der Waals surface area contributed by atoms with Gasteiger partial charge in [-0.05, 0) is 37.3 Å². The van der Waals surface area contributed by atoms with Gasteiger partial charge in [0.1, 0.15) is 5.75 Å². The summed E-state index contributed by atoms with van der Waals surface area (Å²) in [7, 11) is 0. The molecule has 0 amide bonds. The molecule has 0 spiro atoms. The summed E-state index contributed by atoms with van der Waals surface area (Å²) in [5.41, 5.74) is 1.63. The SMILES string of the molecule is Cc1ccc(OCC(=O)c2ccc(Cl)c(Cl)c2)cc1. The number of carbonyl (C=O) groups is 1. The van der Waals surface area contributed by atoms with E-state index < -0.39 is 0 Å². The quantitative estimate of drug-likeness (QED) is 0.773. The van der Waals surface area contributed by atoms with Crippen molar-refractivity contribution in [2.45, 2.75) is 6.92 Å². The van der Waals surface area contributed by atoms with Crippen LogP contribution < -0.4 is 4.74 Å². The Labute approximate surface area is 121 Å². The lowest BCUT2D eigenvalue weighted by atomic mass is 10.1. The van der Waals surface area contributed by atoms with Gasteiger partial charge in [-0.25, -0.2) is 0 Å². The van der Waals surface area contributed by atoms with Gasteiger partial charge in [0.05, 0.1) is 10.0 Å².